The van der Waals surface area contributed by atoms with E-state index in [1.165, 1.54) is 34.6 Å². The summed E-state index contributed by atoms with van der Waals surface area (Å²) in [5, 5.41) is 0.923. The highest BCUT2D eigenvalue weighted by atomic mass is 79.9. The predicted molar refractivity (Wildman–Crippen MR) is 249 cm³/mol. The molecule has 1 aromatic carbocycles. The van der Waals surface area contributed by atoms with Crippen LogP contribution >= 0.6 is 31.9 Å². The van der Waals surface area contributed by atoms with E-state index in [0.29, 0.717) is 29.1 Å². The van der Waals surface area contributed by atoms with E-state index < -0.39 is 146 Å². The molecule has 0 amide bonds. The normalized spacial score (nSPS) is 14.9. The molecule has 0 aliphatic rings. The van der Waals surface area contributed by atoms with Crippen LogP contribution in [0.15, 0.2) is 30.3 Å². The molecule has 1 aromatic rings. The number of benzene rings is 1. The van der Waals surface area contributed by atoms with Crippen LogP contribution in [0.4, 0.5) is 9.59 Å². The van der Waals surface area contributed by atoms with Gasteiger partial charge in [0.05, 0.1) is 13.2 Å². The second-order valence-corrected chi connectivity index (χ2v) is 18.2. The minimum atomic E-state index is -1.99. The van der Waals surface area contributed by atoms with Gasteiger partial charge in [-0.05, 0) is 66.9 Å². The molecule has 0 heterocycles. The first-order valence-electron chi connectivity index (χ1n) is 22.1. The van der Waals surface area contributed by atoms with Crippen LogP contribution < -0.4 is 0 Å². The lowest BCUT2D eigenvalue weighted by Crippen LogP contribution is -2.43. The molecular formula is C46H62Br2O24. The van der Waals surface area contributed by atoms with Gasteiger partial charge in [-0.2, -0.15) is 0 Å². The van der Waals surface area contributed by atoms with Crippen LogP contribution in [0.25, 0.3) is 0 Å². The van der Waals surface area contributed by atoms with Gasteiger partial charge in [0.1, 0.15) is 62.5 Å². The molecule has 0 spiro atoms. The van der Waals surface area contributed by atoms with Crippen LogP contribution in [0.2, 0.25) is 0 Å². The number of carbonyl (C=O) groups is 11. The Labute approximate surface area is 432 Å². The number of alkyl halides is 2. The van der Waals surface area contributed by atoms with Crippen molar-refractivity contribution in [1.82, 2.24) is 0 Å². The maximum absolute atomic E-state index is 13.6. The van der Waals surface area contributed by atoms with E-state index in [1.54, 1.807) is 30.3 Å². The van der Waals surface area contributed by atoms with Crippen LogP contribution in [0.5, 0.6) is 0 Å². The van der Waals surface area contributed by atoms with E-state index in [-0.39, 0.29) is 19.8 Å². The van der Waals surface area contributed by atoms with Crippen molar-refractivity contribution < 1.29 is 114 Å². The summed E-state index contributed by atoms with van der Waals surface area (Å²) >= 11 is 6.42. The molecule has 1 rings (SSSR count). The Morgan fingerprint density at radius 1 is 0.431 bits per heavy atom. The summed E-state index contributed by atoms with van der Waals surface area (Å²) in [6.07, 6.45) is -7.91. The van der Waals surface area contributed by atoms with Crippen molar-refractivity contribution >= 4 is 97.9 Å². The molecule has 24 nitrogen and oxygen atoms in total. The van der Waals surface area contributed by atoms with Crippen molar-refractivity contribution in [2.45, 2.75) is 106 Å². The fraction of sp³-hybridized carbons (Fsp3) is 0.630. The zero-order valence-corrected chi connectivity index (χ0v) is 44.6. The zero-order chi connectivity index (χ0) is 54.7. The monoisotopic (exact) mass is 1160 g/mol. The van der Waals surface area contributed by atoms with E-state index in [0.717, 1.165) is 27.7 Å². The number of esters is 9. The van der Waals surface area contributed by atoms with Crippen LogP contribution in [0.1, 0.15) is 80.7 Å². The quantitative estimate of drug-likeness (QED) is 0.0425. The maximum Gasteiger partial charge on any atom is 0.508 e. The van der Waals surface area contributed by atoms with Crippen molar-refractivity contribution in [3.63, 3.8) is 0 Å². The lowest BCUT2D eigenvalue weighted by molar-refractivity contribution is -0.180. The van der Waals surface area contributed by atoms with Crippen LogP contribution in [-0.2, 0) is 111 Å². The van der Waals surface area contributed by atoms with Gasteiger partial charge in [-0.25, -0.2) is 28.8 Å². The van der Waals surface area contributed by atoms with Gasteiger partial charge in [0.25, 0.3) is 0 Å². The minimum absolute atomic E-state index is 0.0845. The molecule has 0 aliphatic heterocycles. The highest BCUT2D eigenvalue weighted by molar-refractivity contribution is 9.09. The third-order valence-corrected chi connectivity index (χ3v) is 10.5. The van der Waals surface area contributed by atoms with Gasteiger partial charge in [0, 0.05) is 24.5 Å². The number of hydrogen-bond acceptors (Lipinski definition) is 24. The molecule has 0 bridgehead atoms. The minimum Gasteiger partial charge on any atom is -0.465 e. The fourth-order valence-corrected chi connectivity index (χ4v) is 5.50. The first-order chi connectivity index (χ1) is 33.7. The van der Waals surface area contributed by atoms with E-state index in [2.05, 4.69) is 31.9 Å². The number of hydrogen-bond donors (Lipinski definition) is 0. The van der Waals surface area contributed by atoms with Crippen molar-refractivity contribution in [1.29, 1.82) is 0 Å². The van der Waals surface area contributed by atoms with Gasteiger partial charge in [0.2, 0.25) is 0 Å². The van der Waals surface area contributed by atoms with E-state index in [1.807, 2.05) is 0 Å². The molecule has 0 fully saturated rings. The summed E-state index contributed by atoms with van der Waals surface area (Å²) in [7, 11) is 0. The molecule has 6 atom stereocenters. The average Bonchev–Trinajstić information content (AvgIpc) is 3.33. The molecule has 0 aliphatic carbocycles. The first-order valence-corrected chi connectivity index (χ1v) is 24.3. The Bertz CT molecular complexity index is 1900. The van der Waals surface area contributed by atoms with E-state index in [4.69, 9.17) is 61.6 Å². The average molecular weight is 1160 g/mol. The van der Waals surface area contributed by atoms with Crippen molar-refractivity contribution in [2.24, 2.45) is 16.2 Å². The lowest BCUT2D eigenvalue weighted by atomic mass is 9.93. The summed E-state index contributed by atoms with van der Waals surface area (Å²) < 4.78 is 66.8. The Kier molecular flexibility index (Phi) is 28.5. The summed E-state index contributed by atoms with van der Waals surface area (Å²) in [5.41, 5.74) is -5.20. The number of ether oxygens (including phenoxy) is 13. The van der Waals surface area contributed by atoms with Crippen molar-refractivity contribution in [3.05, 3.63) is 35.9 Å². The molecule has 0 saturated heterocycles. The highest BCUT2D eigenvalue weighted by Gasteiger charge is 2.43. The Hall–Kier alpha value is -6.05. The summed E-state index contributed by atoms with van der Waals surface area (Å²) in [5.74, 6) is -8.89. The lowest BCUT2D eigenvalue weighted by Gasteiger charge is -2.29. The van der Waals surface area contributed by atoms with Gasteiger partial charge >= 0.3 is 66.0 Å². The molecule has 404 valence electrons. The van der Waals surface area contributed by atoms with Crippen molar-refractivity contribution in [3.8, 4) is 0 Å². The predicted octanol–water partition coefficient (Wildman–Crippen LogP) is 4.56. The molecule has 2 unspecified atom stereocenters. The van der Waals surface area contributed by atoms with Crippen LogP contribution in [0.3, 0.4) is 0 Å². The topological polar surface area (TPSA) is 308 Å². The molecular weight excluding hydrogens is 1100 g/mol. The number of rotatable bonds is 31. The van der Waals surface area contributed by atoms with Gasteiger partial charge in [-0.1, -0.05) is 62.2 Å². The fourth-order valence-electron chi connectivity index (χ4n) is 5.05. The van der Waals surface area contributed by atoms with Gasteiger partial charge in [-0.3, -0.25) is 24.0 Å². The zero-order valence-electron chi connectivity index (χ0n) is 41.4. The molecule has 0 saturated carbocycles. The number of carbonyl (C=O) groups excluding carboxylic acids is 11. The molecule has 0 radical (unpaired) electrons. The molecule has 0 aromatic heterocycles. The third-order valence-electron chi connectivity index (χ3n) is 9.41. The van der Waals surface area contributed by atoms with Crippen LogP contribution in [-0.4, -0.2) is 154 Å². The maximum atomic E-state index is 13.6. The Morgan fingerprint density at radius 2 is 0.736 bits per heavy atom. The highest BCUT2D eigenvalue weighted by Crippen LogP contribution is 2.26. The van der Waals surface area contributed by atoms with E-state index in [9.17, 15) is 52.7 Å². The standard InChI is InChI=1S/C46H62Br2O24/c1-28(71-37(53)30(3)69-32(5)49)35(51)63-22-44(7,39(55)60-19-13-17-47)24-65-42(58)67-26-46(9,41(57)62-21-34-15-11-10-12-16-34)27-68-43(59)66-25-45(8,40(56)61-20-14-18-48)23-64-36(52)29(2)72-38(54)31(4)70-33(6)50/h10-12,15-16,28-31H,13-14,17-27H2,1-9H3/t28-,29-,30-,31-,44?,45?,46?/m0/s1. The van der Waals surface area contributed by atoms with Gasteiger partial charge < -0.3 is 61.6 Å². The smallest absolute Gasteiger partial charge is 0.465 e. The molecule has 72 heavy (non-hydrogen) atoms. The third kappa shape index (κ3) is 23.9. The Morgan fingerprint density at radius 3 is 1.06 bits per heavy atom. The van der Waals surface area contributed by atoms with E-state index >= 15 is 0 Å². The van der Waals surface area contributed by atoms with Gasteiger partial charge in [-0.15, -0.1) is 0 Å². The summed E-state index contributed by atoms with van der Waals surface area (Å²) in [4.78, 5) is 139. The summed E-state index contributed by atoms with van der Waals surface area (Å²) in [6, 6.07) is 8.42. The first kappa shape index (κ1) is 64.0. The summed E-state index contributed by atoms with van der Waals surface area (Å²) in [6.45, 7) is 5.21. The Balaban J connectivity index is 3.21. The van der Waals surface area contributed by atoms with Gasteiger partial charge in [0.15, 0.2) is 24.4 Å². The largest absolute Gasteiger partial charge is 0.508 e. The second-order valence-electron chi connectivity index (χ2n) is 16.6. The molecule has 0 N–H and O–H groups in total. The van der Waals surface area contributed by atoms with Crippen molar-refractivity contribution in [2.75, 3.05) is 63.5 Å². The number of halogens is 2. The van der Waals surface area contributed by atoms with Crippen LogP contribution in [0, 0.1) is 16.2 Å². The second kappa shape index (κ2) is 32.1. The molecule has 26 heteroatoms. The SMILES string of the molecule is CC(=O)O[C@@H](C)C(=O)O[C@@H](C)C(=O)OCC(C)(COC(=O)OCC(C)(COC(=O)OCC(C)(COC(=O)[C@H](C)OC(=O)[C@H](C)OC(C)=O)C(=O)OCCCBr)C(=O)OCc1ccccc1)C(=O)OCCCBr.